The summed E-state index contributed by atoms with van der Waals surface area (Å²) in [7, 11) is 0. The molecule has 0 aromatic heterocycles. The molecule has 0 aromatic rings. The van der Waals surface area contributed by atoms with Crippen LogP contribution in [0, 0.1) is 0 Å². The van der Waals surface area contributed by atoms with Crippen LogP contribution in [-0.2, 0) is 0 Å². The number of hydrogen-bond donors (Lipinski definition) is 1. The molecule has 0 rings (SSSR count). The fraction of sp³-hybridized carbons (Fsp3) is 1.00. The van der Waals surface area contributed by atoms with Gasteiger partial charge in [0.1, 0.15) is 0 Å². The Morgan fingerprint density at radius 3 is 2.00 bits per heavy atom. The molecule has 1 nitrogen and oxygen atoms in total. The van der Waals surface area contributed by atoms with Crippen molar-refractivity contribution in [3.05, 3.63) is 0 Å². The van der Waals surface area contributed by atoms with E-state index < -0.39 is 0 Å². The quantitative estimate of drug-likeness (QED) is 0.379. The maximum Gasteiger partial charge on any atom is 2.00 e. The molecule has 1 N–H and O–H groups in total. The molecule has 0 aliphatic carbocycles. The monoisotopic (exact) mass is 100 g/mol. The first-order chi connectivity index (χ1) is 1.73. The van der Waals surface area contributed by atoms with Crippen LogP contribution in [0.1, 0.15) is 9.78 Å². The topological polar surface area (TPSA) is 20.2 Å². The van der Waals surface area contributed by atoms with E-state index >= 15 is 0 Å². The number of rotatable bonds is 0. The second-order valence-electron chi connectivity index (χ2n) is 1.09. The van der Waals surface area contributed by atoms with Gasteiger partial charge in [-0.3, -0.25) is 0 Å². The maximum absolute atomic E-state index is 8.12. The molecular formula is C2H9AlMgO. The summed E-state index contributed by atoms with van der Waals surface area (Å²) in [6.07, 6.45) is 0. The van der Waals surface area contributed by atoms with Crippen molar-refractivity contribution in [3.63, 3.8) is 0 Å². The van der Waals surface area contributed by atoms with Gasteiger partial charge in [0.05, 0.1) is 0 Å². The van der Waals surface area contributed by atoms with E-state index in [0.717, 1.165) is 16.3 Å². The maximum atomic E-state index is 8.12. The molecule has 0 spiro atoms. The molecule has 0 saturated heterocycles. The predicted molar refractivity (Wildman–Crippen MR) is 28.2 cm³/mol. The van der Waals surface area contributed by atoms with E-state index in [1.165, 1.54) is 0 Å². The van der Waals surface area contributed by atoms with Crippen molar-refractivity contribution in [2.75, 3.05) is 0 Å². The van der Waals surface area contributed by atoms with Crippen LogP contribution in [0.3, 0.4) is 0 Å². The van der Waals surface area contributed by atoms with Crippen molar-refractivity contribution in [1.29, 1.82) is 0 Å². The Morgan fingerprint density at radius 1 is 2.00 bits per heavy atom. The average Bonchev–Trinajstić information content (AvgIpc) is 0.811. The summed E-state index contributed by atoms with van der Waals surface area (Å²) in [6.45, 7) is 1.78. The Balaban J connectivity index is -0.0000000150. The molecule has 1 unspecified atom stereocenters. The van der Waals surface area contributed by atoms with Crippen LogP contribution in [-0.4, -0.2) is 49.4 Å². The van der Waals surface area contributed by atoms with Gasteiger partial charge < -0.3 is 7.96 Å². The largest absolute Gasteiger partial charge is 2.00 e. The summed E-state index contributed by atoms with van der Waals surface area (Å²) < 4.78 is 0. The average molecular weight is 100 g/mol. The zero-order chi connectivity index (χ0) is 3.58. The van der Waals surface area contributed by atoms with E-state index in [0.29, 0.717) is 0 Å². The minimum atomic E-state index is -0.0278. The molecule has 0 aromatic carbocycles. The SMILES string of the molecule is C[CH](O)[AlH2].[H-].[H-].[Mg+2]. The molecule has 0 heterocycles. The number of aliphatic hydroxyl groups is 1. The smallest absolute Gasteiger partial charge is 1.00 e. The second kappa shape index (κ2) is 5.26. The molecular weight excluding hydrogens is 91.3 g/mol. The summed E-state index contributed by atoms with van der Waals surface area (Å²) in [4.78, 5) is -0.0278. The minimum absolute atomic E-state index is 0. The van der Waals surface area contributed by atoms with Gasteiger partial charge in [-0.05, 0) is 4.97 Å². The van der Waals surface area contributed by atoms with Gasteiger partial charge in [0, 0.05) is 0 Å². The number of aliphatic hydroxyl groups excluding tert-OH is 1. The summed E-state index contributed by atoms with van der Waals surface area (Å²) >= 11 is 0.904. The van der Waals surface area contributed by atoms with Gasteiger partial charge in [-0.2, -0.15) is 0 Å². The molecule has 28 valence electrons. The molecule has 3 heteroatoms. The van der Waals surface area contributed by atoms with E-state index in [1.54, 1.807) is 6.92 Å². The van der Waals surface area contributed by atoms with Gasteiger partial charge in [0.15, 0.2) is 0 Å². The normalized spacial score (nSPS) is 12.4. The van der Waals surface area contributed by atoms with E-state index in [9.17, 15) is 0 Å². The standard InChI is InChI=1S/C2H5O.Al.Mg.4H/c1-2-3;;;;;;/h2-3H,1H3;;;;;;/q;;+2;;;2*-1. The summed E-state index contributed by atoms with van der Waals surface area (Å²) in [6, 6.07) is 0. The van der Waals surface area contributed by atoms with Crippen molar-refractivity contribution in [3.8, 4) is 0 Å². The van der Waals surface area contributed by atoms with Crippen LogP contribution in [0.5, 0.6) is 0 Å². The van der Waals surface area contributed by atoms with Gasteiger partial charge in [0.2, 0.25) is 0 Å². The van der Waals surface area contributed by atoms with Crippen LogP contribution < -0.4 is 0 Å². The van der Waals surface area contributed by atoms with Crippen molar-refractivity contribution >= 4 is 39.3 Å². The minimum Gasteiger partial charge on any atom is -1.00 e. The zero-order valence-corrected chi connectivity index (χ0v) is 7.15. The third kappa shape index (κ3) is 35.2. The van der Waals surface area contributed by atoms with Gasteiger partial charge in [-0.1, -0.05) is 6.92 Å². The zero-order valence-electron chi connectivity index (χ0n) is 5.73. The van der Waals surface area contributed by atoms with E-state index in [1.807, 2.05) is 0 Å². The molecule has 0 amide bonds. The first-order valence-corrected chi connectivity index (χ1v) is 2.57. The van der Waals surface area contributed by atoms with Crippen LogP contribution >= 0.6 is 0 Å². The second-order valence-corrected chi connectivity index (χ2v) is 2.76. The van der Waals surface area contributed by atoms with Crippen LogP contribution in [0.15, 0.2) is 0 Å². The fourth-order valence-electron chi connectivity index (χ4n) is 0. The first kappa shape index (κ1) is 9.54. The van der Waals surface area contributed by atoms with Gasteiger partial charge >= 0.3 is 23.1 Å². The Bertz CT molecular complexity index is 20.4. The Labute approximate surface area is 59.3 Å². The van der Waals surface area contributed by atoms with Crippen LogP contribution in [0.25, 0.3) is 0 Å². The molecule has 0 bridgehead atoms. The van der Waals surface area contributed by atoms with Crippen molar-refractivity contribution in [2.45, 2.75) is 11.9 Å². The molecule has 0 aliphatic rings. The third-order valence-corrected chi connectivity index (χ3v) is 0. The predicted octanol–water partition coefficient (Wildman–Crippen LogP) is -1.20. The van der Waals surface area contributed by atoms with E-state index in [-0.39, 0.29) is 30.9 Å². The fourth-order valence-corrected chi connectivity index (χ4v) is 0. The van der Waals surface area contributed by atoms with E-state index in [2.05, 4.69) is 0 Å². The molecule has 0 aliphatic heterocycles. The third-order valence-electron chi connectivity index (χ3n) is 0. The van der Waals surface area contributed by atoms with Crippen LogP contribution in [0.2, 0.25) is 0 Å². The molecule has 1 atom stereocenters. The Hall–Kier alpha value is 1.26. The van der Waals surface area contributed by atoms with Crippen molar-refractivity contribution in [1.82, 2.24) is 0 Å². The summed E-state index contributed by atoms with van der Waals surface area (Å²) in [5.74, 6) is 0. The van der Waals surface area contributed by atoms with Crippen molar-refractivity contribution in [2.24, 2.45) is 0 Å². The molecule has 5 heavy (non-hydrogen) atoms. The van der Waals surface area contributed by atoms with E-state index in [4.69, 9.17) is 5.11 Å². The first-order valence-electron chi connectivity index (χ1n) is 1.41. The van der Waals surface area contributed by atoms with Gasteiger partial charge in [-0.25, -0.2) is 0 Å². The molecule has 0 fully saturated rings. The van der Waals surface area contributed by atoms with Crippen LogP contribution in [0.4, 0.5) is 0 Å². The molecule has 0 saturated carbocycles. The van der Waals surface area contributed by atoms with Crippen molar-refractivity contribution < 1.29 is 7.96 Å². The Kier molecular flexibility index (Phi) is 10.0. The van der Waals surface area contributed by atoms with Gasteiger partial charge in [-0.15, -0.1) is 0 Å². The summed E-state index contributed by atoms with van der Waals surface area (Å²) in [5, 5.41) is 8.12. The van der Waals surface area contributed by atoms with Gasteiger partial charge in [0.25, 0.3) is 16.3 Å². The number of hydrogen-bond acceptors (Lipinski definition) is 1. The Morgan fingerprint density at radius 2 is 2.00 bits per heavy atom. The molecule has 0 radical (unpaired) electrons. The summed E-state index contributed by atoms with van der Waals surface area (Å²) in [5.41, 5.74) is 0.